The molecule has 0 aliphatic carbocycles. The van der Waals surface area contributed by atoms with E-state index in [9.17, 15) is 14.9 Å². The quantitative estimate of drug-likeness (QED) is 0.462. The van der Waals surface area contributed by atoms with Crippen molar-refractivity contribution in [3.05, 3.63) is 28.3 Å². The van der Waals surface area contributed by atoms with Crippen LogP contribution in [0.25, 0.3) is 0 Å². The molecule has 2 aliphatic heterocycles. The monoisotopic (exact) mass is 277 g/mol. The third-order valence-electron chi connectivity index (χ3n) is 3.81. The number of piperazine rings is 1. The number of nitrogen functional groups attached to an aromatic ring is 1. The van der Waals surface area contributed by atoms with Gasteiger partial charge in [-0.15, -0.1) is 0 Å². The zero-order valence-corrected chi connectivity index (χ0v) is 10.8. The lowest BCUT2D eigenvalue weighted by molar-refractivity contribution is -0.383. The minimum Gasteiger partial charge on any atom is -0.393 e. The molecule has 1 unspecified atom stereocenters. The summed E-state index contributed by atoms with van der Waals surface area (Å²) < 4.78 is 0. The summed E-state index contributed by atoms with van der Waals surface area (Å²) in [6, 6.07) is 4.88. The van der Waals surface area contributed by atoms with E-state index in [2.05, 4.69) is 10.2 Å². The summed E-state index contributed by atoms with van der Waals surface area (Å²) in [4.78, 5) is 25.7. The number of hydrogen-bond donors (Lipinski definition) is 2. The molecule has 2 amide bonds. The molecule has 2 aliphatic rings. The summed E-state index contributed by atoms with van der Waals surface area (Å²) in [6.45, 7) is 2.68. The molecule has 20 heavy (non-hydrogen) atoms. The van der Waals surface area contributed by atoms with Crippen LogP contribution in [0.3, 0.4) is 0 Å². The Kier molecular flexibility index (Phi) is 2.85. The van der Waals surface area contributed by atoms with Gasteiger partial charge in [-0.3, -0.25) is 10.1 Å². The zero-order valence-electron chi connectivity index (χ0n) is 10.8. The number of nitrogens with one attached hydrogen (secondary N) is 1. The van der Waals surface area contributed by atoms with Crippen LogP contribution in [0, 0.1) is 10.1 Å². The van der Waals surface area contributed by atoms with Crippen molar-refractivity contribution in [3.63, 3.8) is 0 Å². The molecule has 2 heterocycles. The molecule has 1 aromatic carbocycles. The van der Waals surface area contributed by atoms with Gasteiger partial charge in [0, 0.05) is 37.9 Å². The first kappa shape index (κ1) is 12.5. The molecule has 3 rings (SSSR count). The Morgan fingerprint density at radius 3 is 2.90 bits per heavy atom. The number of benzene rings is 1. The number of nitrogens with two attached hydrogens (primary N) is 1. The Labute approximate surface area is 115 Å². The predicted octanol–water partition coefficient (Wildman–Crippen LogP) is 0.391. The molecule has 0 saturated carbocycles. The van der Waals surface area contributed by atoms with Gasteiger partial charge in [-0.05, 0) is 12.1 Å². The van der Waals surface area contributed by atoms with Crippen molar-refractivity contribution >= 4 is 23.1 Å². The van der Waals surface area contributed by atoms with Gasteiger partial charge < -0.3 is 20.9 Å². The minimum atomic E-state index is -0.489. The van der Waals surface area contributed by atoms with E-state index in [1.54, 1.807) is 12.1 Å². The Bertz CT molecular complexity index is 576. The Morgan fingerprint density at radius 1 is 1.40 bits per heavy atom. The van der Waals surface area contributed by atoms with E-state index >= 15 is 0 Å². The number of carbonyl (C=O) groups is 1. The highest BCUT2D eigenvalue weighted by atomic mass is 16.6. The fourth-order valence-electron chi connectivity index (χ4n) is 2.74. The summed E-state index contributed by atoms with van der Waals surface area (Å²) in [5.74, 6) is 0. The average molecular weight is 277 g/mol. The van der Waals surface area contributed by atoms with E-state index in [0.29, 0.717) is 26.2 Å². The SMILES string of the molecule is Nc1cc(N2CCN3C(=O)NCC3C2)ccc1[N+](=O)[O-]. The molecule has 0 aromatic heterocycles. The molecule has 1 atom stereocenters. The number of nitro groups is 1. The zero-order chi connectivity index (χ0) is 14.3. The number of hydrogen-bond acceptors (Lipinski definition) is 5. The summed E-state index contributed by atoms with van der Waals surface area (Å²) in [5.41, 5.74) is 6.65. The van der Waals surface area contributed by atoms with E-state index in [-0.39, 0.29) is 23.4 Å². The molecule has 2 fully saturated rings. The molecule has 8 heteroatoms. The van der Waals surface area contributed by atoms with E-state index in [4.69, 9.17) is 5.73 Å². The Hall–Kier alpha value is -2.51. The van der Waals surface area contributed by atoms with Crippen LogP contribution in [0.2, 0.25) is 0 Å². The third kappa shape index (κ3) is 1.98. The van der Waals surface area contributed by atoms with Gasteiger partial charge in [0.2, 0.25) is 0 Å². The van der Waals surface area contributed by atoms with E-state index in [1.807, 2.05) is 4.90 Å². The standard InChI is InChI=1S/C12H15N5O3/c13-10-5-8(1-2-11(10)17(19)20)15-3-4-16-9(7-15)6-14-12(16)18/h1-2,5,9H,3-4,6-7,13H2,(H,14,18). The molecular formula is C12H15N5O3. The number of anilines is 2. The largest absolute Gasteiger partial charge is 0.393 e. The lowest BCUT2D eigenvalue weighted by atomic mass is 10.1. The van der Waals surface area contributed by atoms with Crippen LogP contribution in [-0.2, 0) is 0 Å². The topological polar surface area (TPSA) is 105 Å². The van der Waals surface area contributed by atoms with Gasteiger partial charge in [-0.25, -0.2) is 4.79 Å². The Balaban J connectivity index is 1.79. The molecule has 1 aromatic rings. The summed E-state index contributed by atoms with van der Waals surface area (Å²) in [7, 11) is 0. The van der Waals surface area contributed by atoms with Gasteiger partial charge in [-0.1, -0.05) is 0 Å². The number of urea groups is 1. The number of rotatable bonds is 2. The van der Waals surface area contributed by atoms with Crippen LogP contribution in [0.15, 0.2) is 18.2 Å². The molecule has 0 spiro atoms. The van der Waals surface area contributed by atoms with Crippen LogP contribution in [0.1, 0.15) is 0 Å². The Morgan fingerprint density at radius 2 is 2.20 bits per heavy atom. The smallest absolute Gasteiger partial charge is 0.317 e. The van der Waals surface area contributed by atoms with Crippen molar-refractivity contribution in [2.24, 2.45) is 0 Å². The first-order chi connectivity index (χ1) is 9.56. The van der Waals surface area contributed by atoms with Crippen LogP contribution >= 0.6 is 0 Å². The lowest BCUT2D eigenvalue weighted by Crippen LogP contribution is -2.52. The minimum absolute atomic E-state index is 0.0159. The first-order valence-electron chi connectivity index (χ1n) is 6.39. The van der Waals surface area contributed by atoms with Crippen LogP contribution in [-0.4, -0.2) is 48.1 Å². The van der Waals surface area contributed by atoms with Gasteiger partial charge in [-0.2, -0.15) is 0 Å². The second-order valence-corrected chi connectivity index (χ2v) is 4.98. The van der Waals surface area contributed by atoms with Gasteiger partial charge in [0.15, 0.2) is 0 Å². The summed E-state index contributed by atoms with van der Waals surface area (Å²) >= 11 is 0. The first-order valence-corrected chi connectivity index (χ1v) is 6.39. The lowest BCUT2D eigenvalue weighted by Gasteiger charge is -2.37. The summed E-state index contributed by atoms with van der Waals surface area (Å²) in [6.07, 6.45) is 0. The molecular weight excluding hydrogens is 262 g/mol. The third-order valence-corrected chi connectivity index (χ3v) is 3.81. The maximum absolute atomic E-state index is 11.5. The van der Waals surface area contributed by atoms with Crippen molar-refractivity contribution in [2.45, 2.75) is 6.04 Å². The van der Waals surface area contributed by atoms with E-state index < -0.39 is 4.92 Å². The van der Waals surface area contributed by atoms with Crippen molar-refractivity contribution in [3.8, 4) is 0 Å². The van der Waals surface area contributed by atoms with Crippen molar-refractivity contribution in [1.29, 1.82) is 0 Å². The van der Waals surface area contributed by atoms with Crippen molar-refractivity contribution in [1.82, 2.24) is 10.2 Å². The number of nitrogens with zero attached hydrogens (tertiary/aromatic N) is 3. The van der Waals surface area contributed by atoms with Crippen LogP contribution < -0.4 is 16.0 Å². The molecule has 2 saturated heterocycles. The highest BCUT2D eigenvalue weighted by Crippen LogP contribution is 2.28. The van der Waals surface area contributed by atoms with Gasteiger partial charge in [0.05, 0.1) is 11.0 Å². The molecule has 8 nitrogen and oxygen atoms in total. The van der Waals surface area contributed by atoms with Crippen LogP contribution in [0.5, 0.6) is 0 Å². The maximum atomic E-state index is 11.5. The van der Waals surface area contributed by atoms with Crippen molar-refractivity contribution in [2.75, 3.05) is 36.8 Å². The van der Waals surface area contributed by atoms with Crippen molar-refractivity contribution < 1.29 is 9.72 Å². The van der Waals surface area contributed by atoms with E-state index in [1.165, 1.54) is 6.07 Å². The summed E-state index contributed by atoms with van der Waals surface area (Å²) in [5, 5.41) is 13.6. The number of fused-ring (bicyclic) bond motifs is 1. The molecule has 106 valence electrons. The molecule has 3 N–H and O–H groups in total. The second kappa shape index (κ2) is 4.55. The van der Waals surface area contributed by atoms with Gasteiger partial charge in [0.1, 0.15) is 5.69 Å². The maximum Gasteiger partial charge on any atom is 0.317 e. The number of carbonyl (C=O) groups excluding carboxylic acids is 1. The predicted molar refractivity (Wildman–Crippen MR) is 73.6 cm³/mol. The van der Waals surface area contributed by atoms with Gasteiger partial charge >= 0.3 is 6.03 Å². The van der Waals surface area contributed by atoms with Crippen LogP contribution in [0.4, 0.5) is 21.9 Å². The fourth-order valence-corrected chi connectivity index (χ4v) is 2.74. The number of amides is 2. The number of nitro benzene ring substituents is 1. The highest BCUT2D eigenvalue weighted by molar-refractivity contribution is 5.77. The highest BCUT2D eigenvalue weighted by Gasteiger charge is 2.35. The van der Waals surface area contributed by atoms with Gasteiger partial charge in [0.25, 0.3) is 5.69 Å². The molecule has 0 radical (unpaired) electrons. The molecule has 0 bridgehead atoms. The van der Waals surface area contributed by atoms with E-state index in [0.717, 1.165) is 5.69 Å². The fraction of sp³-hybridized carbons (Fsp3) is 0.417. The normalized spacial score (nSPS) is 21.6. The second-order valence-electron chi connectivity index (χ2n) is 4.98. The average Bonchev–Trinajstić information content (AvgIpc) is 2.79.